The van der Waals surface area contributed by atoms with E-state index in [9.17, 15) is 4.79 Å². The summed E-state index contributed by atoms with van der Waals surface area (Å²) in [5, 5.41) is 3.23. The van der Waals surface area contributed by atoms with Gasteiger partial charge in [-0.1, -0.05) is 64.1 Å². The molecule has 3 rings (SSSR count). The smallest absolute Gasteiger partial charge is 0.234 e. The molecule has 0 bridgehead atoms. The van der Waals surface area contributed by atoms with Crippen LogP contribution in [0.4, 0.5) is 11.4 Å². The number of rotatable bonds is 11. The Hall–Kier alpha value is -1.98. The van der Waals surface area contributed by atoms with Gasteiger partial charge in [0.15, 0.2) is 0 Å². The van der Waals surface area contributed by atoms with Gasteiger partial charge < -0.3 is 10.2 Å². The molecule has 33 heavy (non-hydrogen) atoms. The summed E-state index contributed by atoms with van der Waals surface area (Å²) < 4.78 is 0. The third kappa shape index (κ3) is 7.79. The number of unbranched alkanes of at least 4 members (excludes halogenated alkanes) is 1. The number of carbonyl (C=O) groups is 1. The summed E-state index contributed by atoms with van der Waals surface area (Å²) in [5.41, 5.74) is 4.82. The molecule has 2 aromatic carbocycles. The van der Waals surface area contributed by atoms with E-state index in [0.29, 0.717) is 17.6 Å². The van der Waals surface area contributed by atoms with Gasteiger partial charge >= 0.3 is 0 Å². The van der Waals surface area contributed by atoms with Crippen molar-refractivity contribution in [3.63, 3.8) is 0 Å². The molecule has 5 heteroatoms. The highest BCUT2D eigenvalue weighted by atomic mass is 32.2. The molecule has 1 aliphatic rings. The predicted octanol–water partition coefficient (Wildman–Crippen LogP) is 6.21. The van der Waals surface area contributed by atoms with Crippen molar-refractivity contribution in [3.05, 3.63) is 59.7 Å². The number of anilines is 2. The molecular formula is C28H41N3OS. The molecule has 1 amide bonds. The number of nitrogens with zero attached hydrogens (tertiary/aromatic N) is 2. The van der Waals surface area contributed by atoms with Crippen LogP contribution >= 0.6 is 11.8 Å². The van der Waals surface area contributed by atoms with E-state index in [1.807, 2.05) is 0 Å². The van der Waals surface area contributed by atoms with E-state index < -0.39 is 0 Å². The maximum atomic E-state index is 12.6. The molecule has 0 aromatic heterocycles. The van der Waals surface area contributed by atoms with Crippen LogP contribution in [0.25, 0.3) is 0 Å². The second kappa shape index (κ2) is 13.0. The molecule has 1 aliphatic heterocycles. The van der Waals surface area contributed by atoms with Crippen LogP contribution in [0.2, 0.25) is 0 Å². The molecule has 1 saturated heterocycles. The zero-order valence-electron chi connectivity index (χ0n) is 20.8. The lowest BCUT2D eigenvalue weighted by Crippen LogP contribution is -2.46. The van der Waals surface area contributed by atoms with Crippen molar-refractivity contribution >= 4 is 29.0 Å². The Bertz CT molecular complexity index is 834. The van der Waals surface area contributed by atoms with E-state index in [1.165, 1.54) is 23.2 Å². The third-order valence-electron chi connectivity index (χ3n) is 6.38. The molecule has 0 unspecified atom stereocenters. The van der Waals surface area contributed by atoms with Crippen LogP contribution in [0.3, 0.4) is 0 Å². The second-order valence-electron chi connectivity index (χ2n) is 9.59. The highest BCUT2D eigenvalue weighted by Crippen LogP contribution is 2.32. The van der Waals surface area contributed by atoms with Gasteiger partial charge in [-0.15, -0.1) is 0 Å². The van der Waals surface area contributed by atoms with Crippen molar-refractivity contribution in [3.8, 4) is 0 Å². The number of thioether (sulfide) groups is 1. The van der Waals surface area contributed by atoms with Crippen molar-refractivity contribution in [2.45, 2.75) is 52.4 Å². The van der Waals surface area contributed by atoms with Crippen molar-refractivity contribution in [1.82, 2.24) is 4.90 Å². The molecule has 1 N–H and O–H groups in total. The van der Waals surface area contributed by atoms with Crippen molar-refractivity contribution in [1.29, 1.82) is 0 Å². The van der Waals surface area contributed by atoms with E-state index in [0.717, 1.165) is 50.6 Å². The van der Waals surface area contributed by atoms with Crippen LogP contribution in [-0.4, -0.2) is 55.0 Å². The molecule has 1 fully saturated rings. The van der Waals surface area contributed by atoms with Gasteiger partial charge in [-0.3, -0.25) is 9.69 Å². The highest BCUT2D eigenvalue weighted by molar-refractivity contribution is 7.99. The monoisotopic (exact) mass is 467 g/mol. The zero-order valence-corrected chi connectivity index (χ0v) is 21.7. The average molecular weight is 468 g/mol. The van der Waals surface area contributed by atoms with Gasteiger partial charge in [0.2, 0.25) is 5.91 Å². The number of benzene rings is 2. The van der Waals surface area contributed by atoms with Gasteiger partial charge in [0, 0.05) is 37.6 Å². The highest BCUT2D eigenvalue weighted by Gasteiger charge is 2.17. The van der Waals surface area contributed by atoms with E-state index >= 15 is 0 Å². The maximum absolute atomic E-state index is 12.6. The van der Waals surface area contributed by atoms with Crippen molar-refractivity contribution in [2.75, 3.05) is 54.4 Å². The minimum Gasteiger partial charge on any atom is -0.369 e. The van der Waals surface area contributed by atoms with Gasteiger partial charge in [0.05, 0.1) is 5.75 Å². The lowest BCUT2D eigenvalue weighted by molar-refractivity contribution is -0.113. The number of hydrogen-bond acceptors (Lipinski definition) is 4. The first-order chi connectivity index (χ1) is 16.0. The number of para-hydroxylation sites is 2. The zero-order chi connectivity index (χ0) is 23.6. The molecule has 0 radical (unpaired) electrons. The lowest BCUT2D eigenvalue weighted by Gasteiger charge is -2.36. The standard InChI is InChI=1S/C28H41N3OS/c1-22(2)25-13-10-14-26(23(3)4)28(25)29-27(32)21-33-20-9-8-15-30-16-18-31(19-17-30)24-11-6-5-7-12-24/h5-7,10-14,22-23H,8-9,15-21H2,1-4H3,(H,29,32). The topological polar surface area (TPSA) is 35.6 Å². The molecule has 0 saturated carbocycles. The Morgan fingerprint density at radius 1 is 0.879 bits per heavy atom. The minimum absolute atomic E-state index is 0.118. The Morgan fingerprint density at radius 3 is 2.12 bits per heavy atom. The largest absolute Gasteiger partial charge is 0.369 e. The molecule has 180 valence electrons. The van der Waals surface area contributed by atoms with Crippen LogP contribution in [-0.2, 0) is 4.79 Å². The summed E-state index contributed by atoms with van der Waals surface area (Å²) in [6, 6.07) is 17.1. The van der Waals surface area contributed by atoms with Gasteiger partial charge in [0.25, 0.3) is 0 Å². The summed E-state index contributed by atoms with van der Waals surface area (Å²) in [7, 11) is 0. The summed E-state index contributed by atoms with van der Waals surface area (Å²) in [5.74, 6) is 2.47. The maximum Gasteiger partial charge on any atom is 0.234 e. The van der Waals surface area contributed by atoms with E-state index in [1.54, 1.807) is 11.8 Å². The Morgan fingerprint density at radius 2 is 1.52 bits per heavy atom. The lowest BCUT2D eigenvalue weighted by atomic mass is 9.92. The first-order valence-corrected chi connectivity index (χ1v) is 13.6. The van der Waals surface area contributed by atoms with Gasteiger partial charge in [-0.25, -0.2) is 0 Å². The molecule has 0 aliphatic carbocycles. The number of hydrogen-bond donors (Lipinski definition) is 1. The van der Waals surface area contributed by atoms with Crippen molar-refractivity contribution in [2.24, 2.45) is 0 Å². The molecule has 4 nitrogen and oxygen atoms in total. The van der Waals surface area contributed by atoms with Crippen LogP contribution in [0.15, 0.2) is 48.5 Å². The van der Waals surface area contributed by atoms with Crippen LogP contribution in [0.1, 0.15) is 63.5 Å². The average Bonchev–Trinajstić information content (AvgIpc) is 2.82. The van der Waals surface area contributed by atoms with Crippen LogP contribution < -0.4 is 10.2 Å². The normalized spacial score (nSPS) is 14.8. The first-order valence-electron chi connectivity index (χ1n) is 12.5. The van der Waals surface area contributed by atoms with Gasteiger partial charge in [-0.05, 0) is 60.2 Å². The van der Waals surface area contributed by atoms with E-state index in [2.05, 4.69) is 91.3 Å². The Balaban J connectivity index is 1.32. The predicted molar refractivity (Wildman–Crippen MR) is 145 cm³/mol. The quantitative estimate of drug-likeness (QED) is 0.399. The molecule has 2 aromatic rings. The SMILES string of the molecule is CC(C)c1cccc(C(C)C)c1NC(=O)CSCCCCN1CCN(c2ccccc2)CC1. The molecule has 0 spiro atoms. The summed E-state index contributed by atoms with van der Waals surface area (Å²) >= 11 is 1.75. The number of nitrogens with one attached hydrogen (secondary N) is 1. The van der Waals surface area contributed by atoms with E-state index in [4.69, 9.17) is 0 Å². The molecule has 1 heterocycles. The van der Waals surface area contributed by atoms with Crippen LogP contribution in [0, 0.1) is 0 Å². The summed E-state index contributed by atoms with van der Waals surface area (Å²) in [4.78, 5) is 17.7. The molecular weight excluding hydrogens is 426 g/mol. The number of carbonyl (C=O) groups excluding carboxylic acids is 1. The fourth-order valence-corrected chi connectivity index (χ4v) is 5.25. The molecule has 0 atom stereocenters. The summed E-state index contributed by atoms with van der Waals surface area (Å²) in [6.07, 6.45) is 2.37. The van der Waals surface area contributed by atoms with Crippen LogP contribution in [0.5, 0.6) is 0 Å². The minimum atomic E-state index is 0.118. The number of amides is 1. The van der Waals surface area contributed by atoms with Gasteiger partial charge in [-0.2, -0.15) is 11.8 Å². The number of piperazine rings is 1. The first kappa shape index (κ1) is 25.6. The summed E-state index contributed by atoms with van der Waals surface area (Å²) in [6.45, 7) is 14.4. The third-order valence-corrected chi connectivity index (χ3v) is 7.42. The fourth-order valence-electron chi connectivity index (χ4n) is 4.44. The Labute approximate surface area is 205 Å². The van der Waals surface area contributed by atoms with Crippen molar-refractivity contribution < 1.29 is 4.79 Å². The Kier molecular flexibility index (Phi) is 10.1. The van der Waals surface area contributed by atoms with Gasteiger partial charge in [0.1, 0.15) is 0 Å². The second-order valence-corrected chi connectivity index (χ2v) is 10.7. The van der Waals surface area contributed by atoms with E-state index in [-0.39, 0.29) is 5.91 Å². The fraction of sp³-hybridized carbons (Fsp3) is 0.536.